The van der Waals surface area contributed by atoms with Crippen molar-refractivity contribution in [2.24, 2.45) is 0 Å². The Morgan fingerprint density at radius 3 is 0.699 bits per heavy atom. The van der Waals surface area contributed by atoms with Crippen LogP contribution in [0.5, 0.6) is 0 Å². The highest BCUT2D eigenvalue weighted by Gasteiger charge is 2.23. The van der Waals surface area contributed by atoms with E-state index in [9.17, 15) is 0 Å². The summed E-state index contributed by atoms with van der Waals surface area (Å²) in [5.74, 6) is 5.85. The molecule has 0 N–H and O–H groups in total. The van der Waals surface area contributed by atoms with Gasteiger partial charge in [0.05, 0.1) is 0 Å². The molecule has 0 radical (unpaired) electrons. The molecule has 0 fully saturated rings. The van der Waals surface area contributed by atoms with Crippen LogP contribution in [0.25, 0.3) is 245 Å². The smallest absolute Gasteiger partial charge is 0.164 e. The summed E-state index contributed by atoms with van der Waals surface area (Å²) in [6, 6.07) is 176. The van der Waals surface area contributed by atoms with E-state index in [0.29, 0.717) is 52.4 Å². The molecular weight excluding hydrogens is 1650 g/mol. The summed E-state index contributed by atoms with van der Waals surface area (Å²) in [7, 11) is 0. The highest BCUT2D eigenvalue weighted by atomic mass is 15.1. The third-order valence-corrected chi connectivity index (χ3v) is 25.3. The van der Waals surface area contributed by atoms with Crippen LogP contribution >= 0.6 is 0 Å². The normalized spacial score (nSPS) is 11.2. The highest BCUT2D eigenvalue weighted by Crippen LogP contribution is 2.43. The Balaban J connectivity index is 0.000000115. The molecule has 9 heteroatoms. The van der Waals surface area contributed by atoms with Crippen LogP contribution in [0.3, 0.4) is 0 Å². The standard InChI is InChI=1S/C47H31N3.C41H27N3.C39H25N3/c1-3-12-32(13-4-1)34-22-26-36(27-23-34)45-48-46(37-28-24-35(25-29-37)39-18-11-17-38(30-39)33-14-5-2-6-15-33)50-47(49-45)44-31-40-16-7-8-19-41(40)42-20-9-10-21-43(42)44;1-4-14-28(15-5-1)32-24-33(29-16-6-2-7-17-29)26-34(25-32)40-42-39(30-18-8-3-9-19-30)43-41(44-40)38-27-31-20-10-11-21-35(31)36-22-12-13-23-37(36)38;1-3-11-26(12-4-1)30-21-22-33-32(24-30)25-36(35-18-10-9-17-34(33)35)39-41-37(28-14-5-2-6-15-28)40-38(42-39)31-20-19-27-13-7-8-16-29(27)23-31/h1-31H;1-27H;1-25H. The lowest BCUT2D eigenvalue weighted by Gasteiger charge is -2.14. The van der Waals surface area contributed by atoms with Gasteiger partial charge in [0.15, 0.2) is 52.4 Å². The molecule has 0 spiro atoms. The van der Waals surface area contributed by atoms with Crippen LogP contribution in [0.2, 0.25) is 0 Å². The van der Waals surface area contributed by atoms with Crippen molar-refractivity contribution >= 4 is 75.4 Å². The molecule has 25 rings (SSSR count). The molecule has 136 heavy (non-hydrogen) atoms. The van der Waals surface area contributed by atoms with Gasteiger partial charge in [0.25, 0.3) is 0 Å². The topological polar surface area (TPSA) is 116 Å². The average molecular weight is 1740 g/mol. The van der Waals surface area contributed by atoms with Crippen molar-refractivity contribution in [2.75, 3.05) is 0 Å². The van der Waals surface area contributed by atoms with E-state index in [2.05, 4.69) is 425 Å². The molecule has 9 nitrogen and oxygen atoms in total. The van der Waals surface area contributed by atoms with Crippen LogP contribution in [-0.4, -0.2) is 44.9 Å². The molecule has 0 aliphatic rings. The number of aromatic nitrogens is 9. The van der Waals surface area contributed by atoms with Crippen molar-refractivity contribution < 1.29 is 0 Å². The third kappa shape index (κ3) is 16.9. The van der Waals surface area contributed by atoms with E-state index in [-0.39, 0.29) is 0 Å². The summed E-state index contributed by atoms with van der Waals surface area (Å²) in [5, 5.41) is 16.3. The van der Waals surface area contributed by atoms with E-state index in [1.54, 1.807) is 0 Å². The van der Waals surface area contributed by atoms with E-state index in [4.69, 9.17) is 44.9 Å². The number of nitrogens with zero attached hydrogens (tertiary/aromatic N) is 9. The second-order valence-electron chi connectivity index (χ2n) is 33.9. The monoisotopic (exact) mass is 1730 g/mol. The molecule has 3 aromatic heterocycles. The minimum Gasteiger partial charge on any atom is -0.208 e. The highest BCUT2D eigenvalue weighted by molar-refractivity contribution is 6.16. The fourth-order valence-corrected chi connectivity index (χ4v) is 18.5. The van der Waals surface area contributed by atoms with Gasteiger partial charge in [-0.25, -0.2) is 44.9 Å². The van der Waals surface area contributed by atoms with Gasteiger partial charge in [-0.15, -0.1) is 0 Å². The molecule has 0 saturated carbocycles. The summed E-state index contributed by atoms with van der Waals surface area (Å²) in [5.41, 5.74) is 22.6. The number of hydrogen-bond acceptors (Lipinski definition) is 9. The lowest BCUT2D eigenvalue weighted by molar-refractivity contribution is 1.08. The van der Waals surface area contributed by atoms with Gasteiger partial charge in [0.1, 0.15) is 0 Å². The predicted octanol–water partition coefficient (Wildman–Crippen LogP) is 32.7. The molecule has 0 atom stereocenters. The minimum atomic E-state index is 0.638. The maximum Gasteiger partial charge on any atom is 0.164 e. The molecular formula is C127H83N9. The van der Waals surface area contributed by atoms with Gasteiger partial charge in [-0.1, -0.05) is 449 Å². The first kappa shape index (κ1) is 82.1. The first-order valence-corrected chi connectivity index (χ1v) is 45.8. The van der Waals surface area contributed by atoms with Gasteiger partial charge in [-0.2, -0.15) is 0 Å². The number of rotatable bonds is 15. The SMILES string of the molecule is c1ccc(-c2cc(-c3ccccc3)cc(-c3nc(-c4ccccc4)nc(-c4cc5ccccc5c5ccccc45)n3)c2)cc1.c1ccc(-c2ccc(-c3nc(-c4ccc(-c5cccc(-c6ccccc6)c5)cc4)nc(-c4cc5ccccc5c5ccccc45)n3)cc2)cc1.c1ccc(-c2ccc3c(c2)cc(-c2nc(-c4ccccc4)nc(-c4ccc5ccccc5c4)n2)c2ccccc23)cc1. The Morgan fingerprint density at radius 2 is 0.301 bits per heavy atom. The molecule has 22 aromatic carbocycles. The molecule has 0 bridgehead atoms. The van der Waals surface area contributed by atoms with E-state index in [0.717, 1.165) is 127 Å². The maximum absolute atomic E-state index is 5.20. The van der Waals surface area contributed by atoms with Gasteiger partial charge in [-0.05, 0) is 197 Å². The number of benzene rings is 22. The van der Waals surface area contributed by atoms with E-state index < -0.39 is 0 Å². The van der Waals surface area contributed by atoms with Crippen molar-refractivity contribution in [1.29, 1.82) is 0 Å². The van der Waals surface area contributed by atoms with Crippen LogP contribution in [-0.2, 0) is 0 Å². The fraction of sp³-hybridized carbons (Fsp3) is 0. The van der Waals surface area contributed by atoms with Gasteiger partial charge in [0.2, 0.25) is 0 Å². The van der Waals surface area contributed by atoms with Gasteiger partial charge in [0, 0.05) is 50.1 Å². The lowest BCUT2D eigenvalue weighted by Crippen LogP contribution is -2.01. The minimum absolute atomic E-state index is 0.638. The van der Waals surface area contributed by atoms with Crippen LogP contribution in [0.15, 0.2) is 504 Å². The summed E-state index contributed by atoms with van der Waals surface area (Å²) in [4.78, 5) is 45.9. The molecule has 0 saturated heterocycles. The Bertz CT molecular complexity index is 8680. The van der Waals surface area contributed by atoms with Gasteiger partial charge in [-0.3, -0.25) is 0 Å². The van der Waals surface area contributed by atoms with Crippen molar-refractivity contribution in [3.63, 3.8) is 0 Å². The van der Waals surface area contributed by atoms with Crippen LogP contribution in [0.1, 0.15) is 0 Å². The summed E-state index contributed by atoms with van der Waals surface area (Å²) >= 11 is 0. The Hall–Kier alpha value is -18.3. The van der Waals surface area contributed by atoms with Crippen molar-refractivity contribution in [3.05, 3.63) is 504 Å². The largest absolute Gasteiger partial charge is 0.208 e. The molecule has 636 valence electrons. The molecule has 0 aliphatic carbocycles. The number of hydrogen-bond donors (Lipinski definition) is 0. The fourth-order valence-electron chi connectivity index (χ4n) is 18.5. The predicted molar refractivity (Wildman–Crippen MR) is 564 cm³/mol. The quantitative estimate of drug-likeness (QED) is 0.0925. The van der Waals surface area contributed by atoms with Crippen molar-refractivity contribution in [2.45, 2.75) is 0 Å². The summed E-state index contributed by atoms with van der Waals surface area (Å²) < 4.78 is 0. The number of fused-ring (bicyclic) bond motifs is 10. The molecule has 25 aromatic rings. The Labute approximate surface area is 787 Å². The van der Waals surface area contributed by atoms with Crippen LogP contribution < -0.4 is 0 Å². The summed E-state index contributed by atoms with van der Waals surface area (Å²) in [6.07, 6.45) is 0. The second-order valence-corrected chi connectivity index (χ2v) is 33.9. The third-order valence-electron chi connectivity index (χ3n) is 25.3. The van der Waals surface area contributed by atoms with Crippen LogP contribution in [0, 0.1) is 0 Å². The molecule has 3 heterocycles. The van der Waals surface area contributed by atoms with Crippen molar-refractivity contribution in [3.8, 4) is 169 Å². The zero-order chi connectivity index (χ0) is 90.5. The van der Waals surface area contributed by atoms with E-state index in [1.165, 1.54) is 65.5 Å². The first-order chi connectivity index (χ1) is 67.4. The molecule has 0 amide bonds. The van der Waals surface area contributed by atoms with Gasteiger partial charge < -0.3 is 0 Å². The second kappa shape index (κ2) is 36.9. The van der Waals surface area contributed by atoms with Crippen molar-refractivity contribution in [1.82, 2.24) is 44.9 Å². The average Bonchev–Trinajstić information content (AvgIpc) is 0.762. The zero-order valence-electron chi connectivity index (χ0n) is 73.9. The first-order valence-electron chi connectivity index (χ1n) is 45.8. The molecule has 0 aliphatic heterocycles. The summed E-state index contributed by atoms with van der Waals surface area (Å²) in [6.45, 7) is 0. The maximum atomic E-state index is 5.20. The van der Waals surface area contributed by atoms with Crippen LogP contribution in [0.4, 0.5) is 0 Å². The Kier molecular flexibility index (Phi) is 22.3. The Morgan fingerprint density at radius 1 is 0.0882 bits per heavy atom. The lowest BCUT2D eigenvalue weighted by atomic mass is 9.94. The van der Waals surface area contributed by atoms with Gasteiger partial charge >= 0.3 is 0 Å². The van der Waals surface area contributed by atoms with E-state index in [1.807, 2.05) is 78.9 Å². The zero-order valence-corrected chi connectivity index (χ0v) is 73.9. The van der Waals surface area contributed by atoms with E-state index >= 15 is 0 Å². The molecule has 0 unspecified atom stereocenters.